The molecule has 1 aromatic heterocycles. The third-order valence-electron chi connectivity index (χ3n) is 5.43. The molecule has 1 fully saturated rings. The number of hydrogen-bond acceptors (Lipinski definition) is 2. The lowest BCUT2D eigenvalue weighted by atomic mass is 9.87. The summed E-state index contributed by atoms with van der Waals surface area (Å²) < 4.78 is 1.97. The Morgan fingerprint density at radius 3 is 2.60 bits per heavy atom. The van der Waals surface area contributed by atoms with Gasteiger partial charge in [0.1, 0.15) is 0 Å². The molecule has 0 saturated heterocycles. The second-order valence-corrected chi connectivity index (χ2v) is 7.58. The predicted octanol–water partition coefficient (Wildman–Crippen LogP) is 3.49. The summed E-state index contributed by atoms with van der Waals surface area (Å²) in [4.78, 5) is 4.81. The number of aromatic nitrogens is 2. The molecule has 25 heavy (non-hydrogen) atoms. The van der Waals surface area contributed by atoms with Crippen LogP contribution in [0.25, 0.3) is 0 Å². The highest BCUT2D eigenvalue weighted by Gasteiger charge is 2.15. The molecular formula is C20H37N5. The average Bonchev–Trinajstić information content (AvgIpc) is 2.82. The third-order valence-corrected chi connectivity index (χ3v) is 5.43. The quantitative estimate of drug-likeness (QED) is 0.586. The van der Waals surface area contributed by atoms with Crippen LogP contribution in [0.2, 0.25) is 0 Å². The van der Waals surface area contributed by atoms with Gasteiger partial charge in [-0.25, -0.2) is 0 Å². The fourth-order valence-corrected chi connectivity index (χ4v) is 3.86. The van der Waals surface area contributed by atoms with Gasteiger partial charge in [-0.2, -0.15) is 5.10 Å². The summed E-state index contributed by atoms with van der Waals surface area (Å²) in [5, 5.41) is 11.5. The summed E-state index contributed by atoms with van der Waals surface area (Å²) in [5.41, 5.74) is 3.74. The van der Waals surface area contributed by atoms with Gasteiger partial charge in [0.05, 0.1) is 5.69 Å². The SMILES string of the molecule is CCNC(=NCCC1CCCCC1)NC(C)Cc1c(C)nn(C)c1C. The van der Waals surface area contributed by atoms with Crippen molar-refractivity contribution < 1.29 is 0 Å². The minimum Gasteiger partial charge on any atom is -0.357 e. The van der Waals surface area contributed by atoms with Crippen molar-refractivity contribution in [3.63, 3.8) is 0 Å². The second kappa shape index (κ2) is 9.83. The highest BCUT2D eigenvalue weighted by molar-refractivity contribution is 5.80. The Balaban J connectivity index is 1.87. The van der Waals surface area contributed by atoms with Crippen LogP contribution in [-0.2, 0) is 13.5 Å². The van der Waals surface area contributed by atoms with E-state index in [1.807, 2.05) is 11.7 Å². The minimum absolute atomic E-state index is 0.328. The van der Waals surface area contributed by atoms with Crippen molar-refractivity contribution in [1.82, 2.24) is 20.4 Å². The molecule has 1 aliphatic carbocycles. The Labute approximate surface area is 153 Å². The largest absolute Gasteiger partial charge is 0.357 e. The Morgan fingerprint density at radius 2 is 2.00 bits per heavy atom. The van der Waals surface area contributed by atoms with E-state index < -0.39 is 0 Å². The maximum atomic E-state index is 4.81. The zero-order valence-corrected chi connectivity index (χ0v) is 16.9. The molecule has 2 N–H and O–H groups in total. The van der Waals surface area contributed by atoms with Crippen molar-refractivity contribution in [1.29, 1.82) is 0 Å². The van der Waals surface area contributed by atoms with E-state index in [1.165, 1.54) is 49.8 Å². The van der Waals surface area contributed by atoms with Crippen LogP contribution in [0.1, 0.15) is 69.3 Å². The van der Waals surface area contributed by atoms with Crippen LogP contribution < -0.4 is 10.6 Å². The van der Waals surface area contributed by atoms with E-state index in [0.717, 1.165) is 37.1 Å². The van der Waals surface area contributed by atoms with Crippen LogP contribution in [0.15, 0.2) is 4.99 Å². The van der Waals surface area contributed by atoms with E-state index in [2.05, 4.69) is 43.4 Å². The van der Waals surface area contributed by atoms with Crippen molar-refractivity contribution in [2.45, 2.75) is 78.7 Å². The lowest BCUT2D eigenvalue weighted by Crippen LogP contribution is -2.43. The third kappa shape index (κ3) is 6.05. The first kappa shape index (κ1) is 19.8. The zero-order valence-electron chi connectivity index (χ0n) is 16.9. The lowest BCUT2D eigenvalue weighted by molar-refractivity contribution is 0.343. The van der Waals surface area contributed by atoms with Crippen LogP contribution >= 0.6 is 0 Å². The van der Waals surface area contributed by atoms with Gasteiger partial charge in [-0.1, -0.05) is 32.1 Å². The molecule has 0 bridgehead atoms. The molecule has 5 nitrogen and oxygen atoms in total. The van der Waals surface area contributed by atoms with Crippen LogP contribution in [-0.4, -0.2) is 34.9 Å². The summed E-state index contributed by atoms with van der Waals surface area (Å²) in [6, 6.07) is 0.328. The first-order valence-corrected chi connectivity index (χ1v) is 10.0. The van der Waals surface area contributed by atoms with E-state index in [4.69, 9.17) is 4.99 Å². The summed E-state index contributed by atoms with van der Waals surface area (Å²) in [7, 11) is 2.01. The molecule has 1 atom stereocenters. The summed E-state index contributed by atoms with van der Waals surface area (Å²) in [6.07, 6.45) is 9.24. The Kier molecular flexibility index (Phi) is 7.79. The minimum atomic E-state index is 0.328. The van der Waals surface area contributed by atoms with Gasteiger partial charge in [-0.3, -0.25) is 9.67 Å². The molecule has 1 aliphatic rings. The first-order valence-electron chi connectivity index (χ1n) is 10.0. The number of nitrogens with one attached hydrogen (secondary N) is 2. The second-order valence-electron chi connectivity index (χ2n) is 7.58. The van der Waals surface area contributed by atoms with E-state index in [-0.39, 0.29) is 0 Å². The fraction of sp³-hybridized carbons (Fsp3) is 0.800. The van der Waals surface area contributed by atoms with Gasteiger partial charge in [-0.15, -0.1) is 0 Å². The number of aryl methyl sites for hydroxylation is 2. The molecule has 0 aromatic carbocycles. The van der Waals surface area contributed by atoms with Crippen LogP contribution in [0, 0.1) is 19.8 Å². The number of aliphatic imine (C=N–C) groups is 1. The summed E-state index contributed by atoms with van der Waals surface area (Å²) in [6.45, 7) is 10.4. The Bertz CT molecular complexity index is 555. The summed E-state index contributed by atoms with van der Waals surface area (Å²) >= 11 is 0. The monoisotopic (exact) mass is 347 g/mol. The topological polar surface area (TPSA) is 54.2 Å². The summed E-state index contributed by atoms with van der Waals surface area (Å²) in [5.74, 6) is 1.84. The van der Waals surface area contributed by atoms with Crippen molar-refractivity contribution in [3.8, 4) is 0 Å². The fourth-order valence-electron chi connectivity index (χ4n) is 3.86. The molecule has 0 amide bonds. The Hall–Kier alpha value is -1.52. The van der Waals surface area contributed by atoms with Gasteiger partial charge in [0.25, 0.3) is 0 Å². The molecule has 2 rings (SSSR count). The Morgan fingerprint density at radius 1 is 1.28 bits per heavy atom. The van der Waals surface area contributed by atoms with Crippen LogP contribution in [0.3, 0.4) is 0 Å². The van der Waals surface area contributed by atoms with Gasteiger partial charge in [-0.05, 0) is 52.0 Å². The molecule has 1 aromatic rings. The molecule has 1 saturated carbocycles. The van der Waals surface area contributed by atoms with Gasteiger partial charge in [0, 0.05) is 31.9 Å². The van der Waals surface area contributed by atoms with Gasteiger partial charge < -0.3 is 10.6 Å². The number of hydrogen-bond donors (Lipinski definition) is 2. The maximum Gasteiger partial charge on any atom is 0.191 e. The van der Waals surface area contributed by atoms with Crippen LogP contribution in [0.5, 0.6) is 0 Å². The average molecular weight is 348 g/mol. The molecule has 0 spiro atoms. The van der Waals surface area contributed by atoms with E-state index in [9.17, 15) is 0 Å². The number of rotatable bonds is 7. The highest BCUT2D eigenvalue weighted by Crippen LogP contribution is 2.26. The van der Waals surface area contributed by atoms with E-state index >= 15 is 0 Å². The molecule has 0 aliphatic heterocycles. The van der Waals surface area contributed by atoms with E-state index in [0.29, 0.717) is 6.04 Å². The van der Waals surface area contributed by atoms with Gasteiger partial charge in [0.15, 0.2) is 5.96 Å². The van der Waals surface area contributed by atoms with Crippen molar-refractivity contribution in [2.24, 2.45) is 18.0 Å². The van der Waals surface area contributed by atoms with Crippen LogP contribution in [0.4, 0.5) is 0 Å². The molecule has 142 valence electrons. The van der Waals surface area contributed by atoms with Gasteiger partial charge >= 0.3 is 0 Å². The number of nitrogens with zero attached hydrogens (tertiary/aromatic N) is 3. The molecule has 1 unspecified atom stereocenters. The van der Waals surface area contributed by atoms with Crippen molar-refractivity contribution in [3.05, 3.63) is 17.0 Å². The van der Waals surface area contributed by atoms with Gasteiger partial charge in [0.2, 0.25) is 0 Å². The molecular weight excluding hydrogens is 310 g/mol. The van der Waals surface area contributed by atoms with Crippen molar-refractivity contribution >= 4 is 5.96 Å². The predicted molar refractivity (Wildman–Crippen MR) is 106 cm³/mol. The standard InChI is InChI=1S/C20H37N5/c1-6-21-20(22-13-12-18-10-8-7-9-11-18)23-15(2)14-19-16(3)24-25(5)17(19)4/h15,18H,6-14H2,1-5H3,(H2,21,22,23). The van der Waals surface area contributed by atoms with Crippen molar-refractivity contribution in [2.75, 3.05) is 13.1 Å². The number of guanidine groups is 1. The normalized spacial score (nSPS) is 17.6. The highest BCUT2D eigenvalue weighted by atomic mass is 15.3. The van der Waals surface area contributed by atoms with E-state index in [1.54, 1.807) is 0 Å². The molecule has 0 radical (unpaired) electrons. The first-order chi connectivity index (χ1) is 12.0. The molecule has 5 heteroatoms. The maximum absolute atomic E-state index is 4.81. The smallest absolute Gasteiger partial charge is 0.191 e. The molecule has 1 heterocycles. The zero-order chi connectivity index (χ0) is 18.2. The lowest BCUT2D eigenvalue weighted by Gasteiger charge is -2.21.